The van der Waals surface area contributed by atoms with Gasteiger partial charge in [0.15, 0.2) is 0 Å². The summed E-state index contributed by atoms with van der Waals surface area (Å²) < 4.78 is 0. The van der Waals surface area contributed by atoms with E-state index in [2.05, 4.69) is 15.6 Å². The number of carbonyl (C=O) groups excluding carboxylic acids is 3. The summed E-state index contributed by atoms with van der Waals surface area (Å²) in [5.41, 5.74) is 3.38. The topological polar surface area (TPSA) is 88.2 Å². The van der Waals surface area contributed by atoms with Crippen molar-refractivity contribution >= 4 is 28.6 Å². The van der Waals surface area contributed by atoms with E-state index in [1.807, 2.05) is 24.3 Å². The molecule has 2 N–H and O–H groups in total. The van der Waals surface area contributed by atoms with E-state index in [1.165, 1.54) is 0 Å². The van der Waals surface area contributed by atoms with E-state index >= 15 is 0 Å². The van der Waals surface area contributed by atoms with Gasteiger partial charge in [-0.2, -0.15) is 0 Å². The lowest BCUT2D eigenvalue weighted by Gasteiger charge is -2.22. The van der Waals surface area contributed by atoms with Crippen molar-refractivity contribution in [2.75, 3.05) is 0 Å². The predicted molar refractivity (Wildman–Crippen MR) is 87.4 cm³/mol. The number of aryl methyl sites for hydroxylation is 1. The van der Waals surface area contributed by atoms with Crippen LogP contribution in [-0.2, 0) is 22.4 Å². The van der Waals surface area contributed by atoms with Crippen LogP contribution in [0.4, 0.5) is 0 Å². The maximum Gasteiger partial charge on any atom is 0.252 e. The summed E-state index contributed by atoms with van der Waals surface area (Å²) in [5.74, 6) is -0.989. The zero-order valence-corrected chi connectivity index (χ0v) is 13.1. The fourth-order valence-electron chi connectivity index (χ4n) is 3.53. The number of amides is 3. The van der Waals surface area contributed by atoms with E-state index in [0.29, 0.717) is 12.0 Å². The van der Waals surface area contributed by atoms with Gasteiger partial charge in [0, 0.05) is 17.5 Å². The molecule has 3 amide bonds. The van der Waals surface area contributed by atoms with Crippen LogP contribution in [0.1, 0.15) is 40.9 Å². The molecule has 1 aromatic carbocycles. The average Bonchev–Trinajstić information content (AvgIpc) is 3.02. The molecule has 122 valence electrons. The van der Waals surface area contributed by atoms with Gasteiger partial charge in [0.25, 0.3) is 5.91 Å². The smallest absolute Gasteiger partial charge is 0.252 e. The first kappa shape index (κ1) is 14.8. The lowest BCUT2D eigenvalue weighted by molar-refractivity contribution is -0.134. The largest absolute Gasteiger partial charge is 0.340 e. The van der Waals surface area contributed by atoms with Crippen LogP contribution < -0.4 is 10.6 Å². The quantitative estimate of drug-likeness (QED) is 0.814. The highest BCUT2D eigenvalue weighted by atomic mass is 16.2. The van der Waals surface area contributed by atoms with Crippen molar-refractivity contribution in [2.45, 2.75) is 38.1 Å². The fraction of sp³-hybridized carbons (Fsp3) is 0.333. The van der Waals surface area contributed by atoms with Crippen molar-refractivity contribution in [3.05, 3.63) is 41.1 Å². The molecule has 6 nitrogen and oxygen atoms in total. The summed E-state index contributed by atoms with van der Waals surface area (Å²) >= 11 is 0. The van der Waals surface area contributed by atoms with Gasteiger partial charge in [-0.1, -0.05) is 18.2 Å². The van der Waals surface area contributed by atoms with Crippen LogP contribution in [0.25, 0.3) is 10.9 Å². The van der Waals surface area contributed by atoms with Crippen LogP contribution in [0.2, 0.25) is 0 Å². The molecule has 1 aliphatic carbocycles. The zero-order chi connectivity index (χ0) is 16.7. The van der Waals surface area contributed by atoms with Crippen molar-refractivity contribution in [1.29, 1.82) is 0 Å². The van der Waals surface area contributed by atoms with Crippen molar-refractivity contribution in [2.24, 2.45) is 0 Å². The monoisotopic (exact) mass is 323 g/mol. The summed E-state index contributed by atoms with van der Waals surface area (Å²) in [6, 6.07) is 6.91. The van der Waals surface area contributed by atoms with Crippen molar-refractivity contribution in [3.63, 3.8) is 0 Å². The summed E-state index contributed by atoms with van der Waals surface area (Å²) in [6.07, 6.45) is 3.26. The molecule has 24 heavy (non-hydrogen) atoms. The SMILES string of the molecule is O=C1CCC(NC(=O)c2c3c(nc4ccccc24)CCC3)C(=O)N1. The maximum absolute atomic E-state index is 12.9. The Kier molecular flexibility index (Phi) is 3.52. The Balaban J connectivity index is 1.72. The Hall–Kier alpha value is -2.76. The molecule has 1 fully saturated rings. The molecule has 1 unspecified atom stereocenters. The molecular weight excluding hydrogens is 306 g/mol. The number of nitrogens with one attached hydrogen (secondary N) is 2. The highest BCUT2D eigenvalue weighted by Crippen LogP contribution is 2.30. The minimum atomic E-state index is -0.667. The van der Waals surface area contributed by atoms with Crippen LogP contribution in [-0.4, -0.2) is 28.7 Å². The van der Waals surface area contributed by atoms with E-state index in [-0.39, 0.29) is 18.2 Å². The van der Waals surface area contributed by atoms with Crippen LogP contribution >= 0.6 is 0 Å². The molecule has 2 aromatic rings. The lowest BCUT2D eigenvalue weighted by atomic mass is 9.99. The second-order valence-corrected chi connectivity index (χ2v) is 6.26. The maximum atomic E-state index is 12.9. The molecule has 0 radical (unpaired) electrons. The number of benzene rings is 1. The van der Waals surface area contributed by atoms with Gasteiger partial charge in [0.05, 0.1) is 11.1 Å². The number of nitrogens with zero attached hydrogens (tertiary/aromatic N) is 1. The summed E-state index contributed by atoms with van der Waals surface area (Å²) in [6.45, 7) is 0. The van der Waals surface area contributed by atoms with E-state index in [0.717, 1.165) is 41.4 Å². The lowest BCUT2D eigenvalue weighted by Crippen LogP contribution is -2.52. The third-order valence-corrected chi connectivity index (χ3v) is 4.69. The molecule has 1 atom stereocenters. The molecule has 1 saturated heterocycles. The van der Waals surface area contributed by atoms with Crippen LogP contribution in [0.15, 0.2) is 24.3 Å². The van der Waals surface area contributed by atoms with Gasteiger partial charge in [-0.05, 0) is 37.3 Å². The van der Waals surface area contributed by atoms with Crippen LogP contribution in [0.3, 0.4) is 0 Å². The second-order valence-electron chi connectivity index (χ2n) is 6.26. The number of rotatable bonds is 2. The van der Waals surface area contributed by atoms with E-state index < -0.39 is 11.9 Å². The molecule has 1 aromatic heterocycles. The Morgan fingerprint density at radius 2 is 2.00 bits per heavy atom. The van der Waals surface area contributed by atoms with Crippen molar-refractivity contribution in [3.8, 4) is 0 Å². The van der Waals surface area contributed by atoms with Crippen LogP contribution in [0.5, 0.6) is 0 Å². The molecule has 0 saturated carbocycles. The minimum absolute atomic E-state index is 0.242. The molecule has 1 aliphatic heterocycles. The fourth-order valence-corrected chi connectivity index (χ4v) is 3.53. The normalized spacial score (nSPS) is 19.9. The van der Waals surface area contributed by atoms with Crippen LogP contribution in [0, 0.1) is 0 Å². The molecule has 2 heterocycles. The van der Waals surface area contributed by atoms with Gasteiger partial charge in [-0.25, -0.2) is 0 Å². The highest BCUT2D eigenvalue weighted by molar-refractivity contribution is 6.10. The Morgan fingerprint density at radius 3 is 2.83 bits per heavy atom. The molecule has 6 heteroatoms. The molecule has 0 spiro atoms. The molecule has 0 bridgehead atoms. The average molecular weight is 323 g/mol. The summed E-state index contributed by atoms with van der Waals surface area (Å²) in [7, 11) is 0. The third-order valence-electron chi connectivity index (χ3n) is 4.69. The Bertz CT molecular complexity index is 875. The summed E-state index contributed by atoms with van der Waals surface area (Å²) in [5, 5.41) is 5.88. The second kappa shape index (κ2) is 5.70. The summed E-state index contributed by atoms with van der Waals surface area (Å²) in [4.78, 5) is 40.7. The van der Waals surface area contributed by atoms with Crippen molar-refractivity contribution in [1.82, 2.24) is 15.6 Å². The van der Waals surface area contributed by atoms with Gasteiger partial charge >= 0.3 is 0 Å². The number of para-hydroxylation sites is 1. The number of hydrogen-bond acceptors (Lipinski definition) is 4. The number of pyridine rings is 1. The number of imide groups is 1. The first-order valence-corrected chi connectivity index (χ1v) is 8.18. The number of fused-ring (bicyclic) bond motifs is 2. The molecule has 2 aliphatic rings. The zero-order valence-electron chi connectivity index (χ0n) is 13.1. The van der Waals surface area contributed by atoms with E-state index in [4.69, 9.17) is 0 Å². The molecular formula is C18H17N3O3. The number of piperidine rings is 1. The first-order valence-electron chi connectivity index (χ1n) is 8.18. The van der Waals surface area contributed by atoms with Gasteiger partial charge in [-0.15, -0.1) is 0 Å². The van der Waals surface area contributed by atoms with Gasteiger partial charge in [-0.3, -0.25) is 24.7 Å². The minimum Gasteiger partial charge on any atom is -0.340 e. The Morgan fingerprint density at radius 1 is 1.17 bits per heavy atom. The standard InChI is InChI=1S/C18H17N3O3/c22-15-9-8-14(17(23)21-15)20-18(24)16-10-4-1-2-6-12(10)19-13-7-3-5-11(13)16/h1-2,4,6,14H,3,5,7-9H2,(H,20,24)(H,21,22,23). The first-order chi connectivity index (χ1) is 11.6. The third kappa shape index (κ3) is 2.44. The molecule has 4 rings (SSSR count). The van der Waals surface area contributed by atoms with E-state index in [9.17, 15) is 14.4 Å². The van der Waals surface area contributed by atoms with Gasteiger partial charge < -0.3 is 5.32 Å². The number of carbonyl (C=O) groups is 3. The van der Waals surface area contributed by atoms with Gasteiger partial charge in [0.2, 0.25) is 11.8 Å². The number of hydrogen-bond donors (Lipinski definition) is 2. The van der Waals surface area contributed by atoms with Gasteiger partial charge in [0.1, 0.15) is 6.04 Å². The Labute approximate surface area is 138 Å². The van der Waals surface area contributed by atoms with Crippen molar-refractivity contribution < 1.29 is 14.4 Å². The van der Waals surface area contributed by atoms with E-state index in [1.54, 1.807) is 0 Å². The number of aromatic nitrogens is 1. The highest BCUT2D eigenvalue weighted by Gasteiger charge is 2.30. The predicted octanol–water partition coefficient (Wildman–Crippen LogP) is 1.26.